The first kappa shape index (κ1) is 20.1. The summed E-state index contributed by atoms with van der Waals surface area (Å²) in [7, 11) is 1.77. The van der Waals surface area contributed by atoms with E-state index in [0.717, 1.165) is 6.42 Å². The van der Waals surface area contributed by atoms with Crippen molar-refractivity contribution in [3.63, 3.8) is 0 Å². The number of rotatable bonds is 6. The molecule has 1 unspecified atom stereocenters. The molecule has 0 spiro atoms. The van der Waals surface area contributed by atoms with Crippen molar-refractivity contribution < 1.29 is 4.79 Å². The number of carbonyl (C=O) groups excluding carboxylic acids is 1. The molecule has 0 radical (unpaired) electrons. The molecular formula is C22H24ClN3O2. The molecule has 3 rings (SSSR count). The zero-order valence-electron chi connectivity index (χ0n) is 16.4. The summed E-state index contributed by atoms with van der Waals surface area (Å²) >= 11 is 6.19. The molecular weight excluding hydrogens is 374 g/mol. The normalized spacial score (nSPS) is 12.1. The molecule has 1 amide bonds. The Balaban J connectivity index is 2.29. The molecule has 0 bridgehead atoms. The Morgan fingerprint density at radius 2 is 1.93 bits per heavy atom. The lowest BCUT2D eigenvalue weighted by Gasteiger charge is -2.29. The van der Waals surface area contributed by atoms with Crippen LogP contribution >= 0.6 is 11.6 Å². The van der Waals surface area contributed by atoms with Crippen LogP contribution in [0.4, 0.5) is 0 Å². The van der Waals surface area contributed by atoms with Crippen molar-refractivity contribution in [2.75, 3.05) is 7.05 Å². The van der Waals surface area contributed by atoms with E-state index in [1.165, 1.54) is 0 Å². The lowest BCUT2D eigenvalue weighted by Crippen LogP contribution is -2.35. The number of para-hydroxylation sites is 1. The van der Waals surface area contributed by atoms with Gasteiger partial charge >= 0.3 is 0 Å². The Kier molecular flexibility index (Phi) is 6.15. The number of hydrogen-bond donors (Lipinski definition) is 0. The Labute approximate surface area is 169 Å². The lowest BCUT2D eigenvalue weighted by molar-refractivity contribution is -0.132. The molecule has 2 aromatic carbocycles. The largest absolute Gasteiger partial charge is 0.336 e. The van der Waals surface area contributed by atoms with E-state index in [1.807, 2.05) is 38.1 Å². The average Bonchev–Trinajstić information content (AvgIpc) is 2.69. The molecule has 5 nitrogen and oxygen atoms in total. The molecule has 0 aliphatic carbocycles. The third-order valence-corrected chi connectivity index (χ3v) is 5.11. The maximum atomic E-state index is 13.4. The van der Waals surface area contributed by atoms with Crippen LogP contribution in [0.5, 0.6) is 0 Å². The van der Waals surface area contributed by atoms with Crippen LogP contribution < -0.4 is 5.56 Å². The van der Waals surface area contributed by atoms with Gasteiger partial charge in [0.1, 0.15) is 5.82 Å². The molecule has 146 valence electrons. The predicted molar refractivity (Wildman–Crippen MR) is 113 cm³/mol. The van der Waals surface area contributed by atoms with Crippen LogP contribution in [0.15, 0.2) is 53.3 Å². The molecule has 0 aliphatic heterocycles. The van der Waals surface area contributed by atoms with Gasteiger partial charge in [0, 0.05) is 18.5 Å². The molecule has 3 aromatic rings. The highest BCUT2D eigenvalue weighted by Crippen LogP contribution is 2.26. The van der Waals surface area contributed by atoms with Gasteiger partial charge in [-0.2, -0.15) is 0 Å². The number of benzene rings is 2. The van der Waals surface area contributed by atoms with Crippen molar-refractivity contribution in [1.29, 1.82) is 0 Å². The second-order valence-corrected chi connectivity index (χ2v) is 7.22. The summed E-state index contributed by atoms with van der Waals surface area (Å²) in [6.45, 7) is 3.97. The number of fused-ring (bicyclic) bond motifs is 1. The summed E-state index contributed by atoms with van der Waals surface area (Å²) in [6, 6.07) is 14.1. The highest BCUT2D eigenvalue weighted by atomic mass is 35.5. The molecule has 0 fully saturated rings. The fourth-order valence-electron chi connectivity index (χ4n) is 3.43. The van der Waals surface area contributed by atoms with Gasteiger partial charge < -0.3 is 4.90 Å². The van der Waals surface area contributed by atoms with Crippen LogP contribution in [0.3, 0.4) is 0 Å². The van der Waals surface area contributed by atoms with E-state index in [-0.39, 0.29) is 17.5 Å². The maximum Gasteiger partial charge on any atom is 0.266 e. The maximum absolute atomic E-state index is 13.4. The zero-order valence-corrected chi connectivity index (χ0v) is 17.1. The third-order valence-electron chi connectivity index (χ3n) is 4.88. The highest BCUT2D eigenvalue weighted by Gasteiger charge is 2.26. The zero-order chi connectivity index (χ0) is 20.3. The standard InChI is InChI=1S/C22H24ClN3O2/c1-4-9-20(27)25(3)19(5-2)21-24-18-13-7-6-12-17(18)22(28)26(21)16-11-8-10-15(23)14-16/h6-8,10-14,19H,4-5,9H2,1-3H3. The van der Waals surface area contributed by atoms with Gasteiger partial charge in [0.05, 0.1) is 22.6 Å². The summed E-state index contributed by atoms with van der Waals surface area (Å²) < 4.78 is 1.58. The van der Waals surface area contributed by atoms with E-state index < -0.39 is 0 Å². The first-order chi connectivity index (χ1) is 13.5. The van der Waals surface area contributed by atoms with Crippen molar-refractivity contribution in [2.24, 2.45) is 0 Å². The fourth-order valence-corrected chi connectivity index (χ4v) is 3.62. The van der Waals surface area contributed by atoms with Crippen molar-refractivity contribution in [3.8, 4) is 5.69 Å². The van der Waals surface area contributed by atoms with Gasteiger partial charge in [-0.05, 0) is 43.2 Å². The molecule has 28 heavy (non-hydrogen) atoms. The second-order valence-electron chi connectivity index (χ2n) is 6.79. The van der Waals surface area contributed by atoms with E-state index in [0.29, 0.717) is 40.3 Å². The number of aromatic nitrogens is 2. The van der Waals surface area contributed by atoms with Crippen LogP contribution in [0.25, 0.3) is 16.6 Å². The Hall–Kier alpha value is -2.66. The van der Waals surface area contributed by atoms with E-state index in [9.17, 15) is 9.59 Å². The summed E-state index contributed by atoms with van der Waals surface area (Å²) in [4.78, 5) is 32.4. The number of halogens is 1. The lowest BCUT2D eigenvalue weighted by atomic mass is 10.1. The SMILES string of the molecule is CCCC(=O)N(C)C(CC)c1nc2ccccc2c(=O)n1-c1cccc(Cl)c1. The number of carbonyl (C=O) groups is 1. The van der Waals surface area contributed by atoms with Crippen molar-refractivity contribution >= 4 is 28.4 Å². The predicted octanol–water partition coefficient (Wildman–Crippen LogP) is 4.75. The van der Waals surface area contributed by atoms with E-state index in [4.69, 9.17) is 16.6 Å². The summed E-state index contributed by atoms with van der Waals surface area (Å²) in [6.07, 6.45) is 1.87. The van der Waals surface area contributed by atoms with E-state index in [2.05, 4.69) is 0 Å². The number of hydrogen-bond acceptors (Lipinski definition) is 3. The van der Waals surface area contributed by atoms with Gasteiger partial charge in [0.25, 0.3) is 5.56 Å². The van der Waals surface area contributed by atoms with Gasteiger partial charge in [-0.25, -0.2) is 4.98 Å². The molecule has 1 heterocycles. The third kappa shape index (κ3) is 3.80. The molecule has 0 saturated heterocycles. The minimum Gasteiger partial charge on any atom is -0.336 e. The monoisotopic (exact) mass is 397 g/mol. The summed E-state index contributed by atoms with van der Waals surface area (Å²) in [5.74, 6) is 0.579. The van der Waals surface area contributed by atoms with Crippen LogP contribution in [-0.4, -0.2) is 27.4 Å². The molecule has 0 saturated carbocycles. The van der Waals surface area contributed by atoms with Crippen molar-refractivity contribution in [3.05, 3.63) is 69.7 Å². The smallest absolute Gasteiger partial charge is 0.266 e. The number of nitrogens with zero attached hydrogens (tertiary/aromatic N) is 3. The van der Waals surface area contributed by atoms with Gasteiger partial charge in [-0.1, -0.05) is 43.6 Å². The van der Waals surface area contributed by atoms with Gasteiger partial charge in [0.2, 0.25) is 5.91 Å². The van der Waals surface area contributed by atoms with Crippen molar-refractivity contribution in [1.82, 2.24) is 14.5 Å². The molecule has 6 heteroatoms. The van der Waals surface area contributed by atoms with Crippen LogP contribution in [-0.2, 0) is 4.79 Å². The van der Waals surface area contributed by atoms with Crippen LogP contribution in [0.2, 0.25) is 5.02 Å². The molecule has 1 aromatic heterocycles. The summed E-state index contributed by atoms with van der Waals surface area (Å²) in [5, 5.41) is 1.07. The first-order valence-corrected chi connectivity index (χ1v) is 9.89. The van der Waals surface area contributed by atoms with Gasteiger partial charge in [0.15, 0.2) is 0 Å². The van der Waals surface area contributed by atoms with E-state index >= 15 is 0 Å². The minimum atomic E-state index is -0.324. The average molecular weight is 398 g/mol. The Bertz CT molecular complexity index is 1060. The topological polar surface area (TPSA) is 55.2 Å². The van der Waals surface area contributed by atoms with Crippen LogP contribution in [0.1, 0.15) is 45.0 Å². The summed E-state index contributed by atoms with van der Waals surface area (Å²) in [5.41, 5.74) is 1.09. The van der Waals surface area contributed by atoms with Gasteiger partial charge in [-0.15, -0.1) is 0 Å². The molecule has 0 N–H and O–H groups in total. The Morgan fingerprint density at radius 1 is 1.18 bits per heavy atom. The minimum absolute atomic E-state index is 0.0365. The first-order valence-electron chi connectivity index (χ1n) is 9.51. The Morgan fingerprint density at radius 3 is 2.61 bits per heavy atom. The molecule has 0 aliphatic rings. The molecule has 1 atom stereocenters. The quantitative estimate of drug-likeness (QED) is 0.603. The fraction of sp³-hybridized carbons (Fsp3) is 0.318. The second kappa shape index (κ2) is 8.57. The highest BCUT2D eigenvalue weighted by molar-refractivity contribution is 6.30. The van der Waals surface area contributed by atoms with E-state index in [1.54, 1.807) is 40.8 Å². The van der Waals surface area contributed by atoms with Crippen LogP contribution in [0, 0.1) is 0 Å². The number of amides is 1. The van der Waals surface area contributed by atoms with Gasteiger partial charge in [-0.3, -0.25) is 14.2 Å². The van der Waals surface area contributed by atoms with Crippen molar-refractivity contribution in [2.45, 2.75) is 39.2 Å².